The lowest BCUT2D eigenvalue weighted by Gasteiger charge is -2.70. The van der Waals surface area contributed by atoms with Crippen LogP contribution in [0.4, 0.5) is 0 Å². The number of aliphatic carboxylic acids is 1. The molecule has 250 valence electrons. The highest BCUT2D eigenvalue weighted by Crippen LogP contribution is 2.74. The molecule has 4 fully saturated rings. The largest absolute Gasteiger partial charge is 0.481 e. The zero-order chi connectivity index (χ0) is 33.0. The number of hydrogen-bond acceptors (Lipinski definition) is 8. The van der Waals surface area contributed by atoms with E-state index in [0.29, 0.717) is 32.2 Å². The summed E-state index contributed by atoms with van der Waals surface area (Å²) in [7, 11) is 0. The van der Waals surface area contributed by atoms with Gasteiger partial charge in [-0.2, -0.15) is 4.80 Å². The maximum atomic E-state index is 14.8. The maximum absolute atomic E-state index is 14.8. The summed E-state index contributed by atoms with van der Waals surface area (Å²) in [5, 5.41) is 23.9. The van der Waals surface area contributed by atoms with Gasteiger partial charge in [0.25, 0.3) is 0 Å². The third kappa shape index (κ3) is 4.40. The summed E-state index contributed by atoms with van der Waals surface area (Å²) in [6, 6.07) is -0.218. The molecule has 1 aromatic rings. The molecule has 3 saturated carbocycles. The first-order valence-electron chi connectivity index (χ1n) is 17.1. The molecular weight excluding hydrogens is 570 g/mol. The summed E-state index contributed by atoms with van der Waals surface area (Å²) in [5.74, 6) is -0.889. The molecule has 3 N–H and O–H groups in total. The third-order valence-corrected chi connectivity index (χ3v) is 14.3. The van der Waals surface area contributed by atoms with Crippen LogP contribution in [0.1, 0.15) is 100 Å². The molecule has 0 radical (unpaired) electrons. The first kappa shape index (κ1) is 32.8. The molecule has 1 aliphatic heterocycles. The van der Waals surface area contributed by atoms with E-state index in [1.807, 2.05) is 26.8 Å². The van der Waals surface area contributed by atoms with E-state index in [1.54, 1.807) is 4.80 Å². The first-order valence-corrected chi connectivity index (χ1v) is 17.1. The van der Waals surface area contributed by atoms with Crippen molar-refractivity contribution in [2.24, 2.45) is 62.4 Å². The number of fused-ring (bicyclic) bond motifs is 3. The number of hydrogen-bond donors (Lipinski definition) is 2. The number of carbonyl (C=O) groups is 2. The van der Waals surface area contributed by atoms with Crippen LogP contribution in [-0.4, -0.2) is 68.5 Å². The summed E-state index contributed by atoms with van der Waals surface area (Å²) in [6.45, 7) is 20.5. The minimum atomic E-state index is -1.02. The summed E-state index contributed by atoms with van der Waals surface area (Å²) in [5.41, 5.74) is 4.23. The Labute approximate surface area is 268 Å². The Bertz CT molecular complexity index is 1370. The van der Waals surface area contributed by atoms with E-state index in [4.69, 9.17) is 15.2 Å². The second-order valence-corrected chi connectivity index (χ2v) is 17.5. The lowest BCUT2D eigenvalue weighted by molar-refractivity contribution is -0.251. The van der Waals surface area contributed by atoms with E-state index in [0.717, 1.165) is 31.3 Å². The predicted octanol–water partition coefficient (Wildman–Crippen LogP) is 5.10. The zero-order valence-corrected chi connectivity index (χ0v) is 28.8. The molecule has 10 heteroatoms. The van der Waals surface area contributed by atoms with Gasteiger partial charge in [0.05, 0.1) is 31.8 Å². The molecule has 1 saturated heterocycles. The van der Waals surface area contributed by atoms with Crippen LogP contribution >= 0.6 is 0 Å². The van der Waals surface area contributed by atoms with Crippen molar-refractivity contribution in [2.75, 3.05) is 19.8 Å². The number of carboxylic acids is 1. The van der Waals surface area contributed by atoms with Crippen LogP contribution < -0.4 is 5.73 Å². The number of nitrogens with two attached hydrogens (primary N) is 1. The molecule has 6 rings (SSSR count). The molecule has 10 nitrogen and oxygen atoms in total. The van der Waals surface area contributed by atoms with Crippen LogP contribution in [0.5, 0.6) is 0 Å². The molecule has 0 amide bonds. The van der Waals surface area contributed by atoms with E-state index in [2.05, 4.69) is 57.0 Å². The molecule has 0 spiro atoms. The molecule has 2 bridgehead atoms. The fraction of sp³-hybridized carbons (Fsp3) is 0.857. The van der Waals surface area contributed by atoms with Crippen molar-refractivity contribution in [2.45, 2.75) is 112 Å². The van der Waals surface area contributed by atoms with Crippen molar-refractivity contribution in [3.05, 3.63) is 18.0 Å². The molecule has 2 heterocycles. The number of rotatable bonds is 7. The molecule has 45 heavy (non-hydrogen) atoms. The van der Waals surface area contributed by atoms with Gasteiger partial charge in [0.2, 0.25) is 0 Å². The van der Waals surface area contributed by atoms with Crippen molar-refractivity contribution in [1.82, 2.24) is 20.2 Å². The van der Waals surface area contributed by atoms with Crippen LogP contribution in [-0.2, 0) is 19.1 Å². The van der Waals surface area contributed by atoms with Crippen molar-refractivity contribution in [1.29, 1.82) is 0 Å². The Morgan fingerprint density at radius 1 is 1.18 bits per heavy atom. The quantitative estimate of drug-likeness (QED) is 0.423. The number of ether oxygens (including phenoxy) is 2. The lowest BCUT2D eigenvalue weighted by Crippen LogP contribution is -2.70. The average Bonchev–Trinajstić information content (AvgIpc) is 3.48. The highest BCUT2D eigenvalue weighted by molar-refractivity contribution is 6.00. The predicted molar refractivity (Wildman–Crippen MR) is 169 cm³/mol. The lowest BCUT2D eigenvalue weighted by atomic mass is 9.34. The van der Waals surface area contributed by atoms with Crippen LogP contribution in [0, 0.1) is 56.7 Å². The second kappa shape index (κ2) is 10.4. The van der Waals surface area contributed by atoms with Gasteiger partial charge >= 0.3 is 5.97 Å². The van der Waals surface area contributed by atoms with Gasteiger partial charge in [0, 0.05) is 21.8 Å². The number of aromatic nitrogens is 4. The van der Waals surface area contributed by atoms with E-state index in [1.165, 1.54) is 6.33 Å². The van der Waals surface area contributed by atoms with Crippen molar-refractivity contribution in [3.63, 3.8) is 0 Å². The normalized spacial score (nSPS) is 45.3. The maximum Gasteiger partial charge on any atom is 0.308 e. The van der Waals surface area contributed by atoms with E-state index >= 15 is 0 Å². The van der Waals surface area contributed by atoms with Gasteiger partial charge in [-0.15, -0.1) is 10.2 Å². The number of allylic oxidation sites excluding steroid dienone is 1. The standard InChI is InChI=1S/C35H55N5O5/c1-20(2)21(3)31(6)12-13-33(8)22-10-11-25-32(7)17-44-18-35(25,23(22)14-26(41)34(33,9)27(31)29(42)43)15-24(40-38-19-37-39-40)28(32)45-16-30(4,5)36/h14,19-22,24-25,27-28H,10-13,15-18,36H2,1-9H3,(H,42,43)/t21-,22+,24-,25+,27-,28-,31-,32+,33-,34+,35?/m1/s1. The van der Waals surface area contributed by atoms with Gasteiger partial charge in [-0.25, -0.2) is 0 Å². The topological polar surface area (TPSA) is 142 Å². The van der Waals surface area contributed by atoms with Gasteiger partial charge in [0.15, 0.2) is 12.1 Å². The van der Waals surface area contributed by atoms with Gasteiger partial charge in [-0.05, 0) is 91.7 Å². The number of ketones is 1. The average molecular weight is 626 g/mol. The molecule has 0 aromatic carbocycles. The Kier molecular flexibility index (Phi) is 7.58. The summed E-state index contributed by atoms with van der Waals surface area (Å²) in [6.07, 6.45) is 7.24. The minimum Gasteiger partial charge on any atom is -0.481 e. The zero-order valence-electron chi connectivity index (χ0n) is 28.8. The fourth-order valence-corrected chi connectivity index (χ4v) is 11.5. The third-order valence-electron chi connectivity index (χ3n) is 14.3. The molecule has 5 aliphatic rings. The van der Waals surface area contributed by atoms with Crippen molar-refractivity contribution >= 4 is 11.8 Å². The van der Waals surface area contributed by atoms with Crippen molar-refractivity contribution < 1.29 is 24.2 Å². The minimum absolute atomic E-state index is 0.0356. The fourth-order valence-electron chi connectivity index (χ4n) is 11.5. The molecular formula is C35H55N5O5. The Morgan fingerprint density at radius 2 is 1.89 bits per heavy atom. The summed E-state index contributed by atoms with van der Waals surface area (Å²) < 4.78 is 13.2. The highest BCUT2D eigenvalue weighted by atomic mass is 16.5. The van der Waals surface area contributed by atoms with Crippen LogP contribution in [0.3, 0.4) is 0 Å². The molecule has 1 unspecified atom stereocenters. The second-order valence-electron chi connectivity index (χ2n) is 17.5. The number of nitrogens with zero attached hydrogens (tertiary/aromatic N) is 4. The van der Waals surface area contributed by atoms with Crippen LogP contribution in [0.2, 0.25) is 0 Å². The Morgan fingerprint density at radius 3 is 2.49 bits per heavy atom. The first-order chi connectivity index (χ1) is 20.9. The van der Waals surface area contributed by atoms with Crippen LogP contribution in [0.25, 0.3) is 0 Å². The van der Waals surface area contributed by atoms with Gasteiger partial charge in [0.1, 0.15) is 6.04 Å². The van der Waals surface area contributed by atoms with Gasteiger partial charge in [-0.1, -0.05) is 54.0 Å². The number of carbonyl (C=O) groups excluding carboxylic acids is 1. The Hall–Kier alpha value is -2.17. The highest BCUT2D eigenvalue weighted by Gasteiger charge is 2.74. The molecule has 1 aromatic heterocycles. The Balaban J connectivity index is 1.49. The number of tetrazole rings is 1. The van der Waals surface area contributed by atoms with Crippen molar-refractivity contribution in [3.8, 4) is 0 Å². The molecule has 11 atom stereocenters. The van der Waals surface area contributed by atoms with Gasteiger partial charge in [-0.3, -0.25) is 9.59 Å². The molecule has 4 aliphatic carbocycles. The monoisotopic (exact) mass is 625 g/mol. The summed E-state index contributed by atoms with van der Waals surface area (Å²) >= 11 is 0. The number of carboxylic acid groups (broad SMARTS) is 1. The SMILES string of the molecule is CC(C)[C@@H](C)[C@@]1(C)CC[C@]2(C)[C@H]3CC[C@@H]4C5(COC[C@]4(C)[C@H](OCC(C)(C)N)[C@H](n4ncnn4)C5)C3=CC(=O)[C@@]2(C)[C@@H]1C(=O)O. The van der Waals surface area contributed by atoms with E-state index in [-0.39, 0.29) is 41.1 Å². The van der Waals surface area contributed by atoms with E-state index in [9.17, 15) is 14.7 Å². The van der Waals surface area contributed by atoms with Gasteiger partial charge < -0.3 is 20.3 Å². The summed E-state index contributed by atoms with van der Waals surface area (Å²) in [4.78, 5) is 29.9. The van der Waals surface area contributed by atoms with E-state index < -0.39 is 39.1 Å². The smallest absolute Gasteiger partial charge is 0.308 e. The van der Waals surface area contributed by atoms with Crippen LogP contribution in [0.15, 0.2) is 18.0 Å².